The van der Waals surface area contributed by atoms with Crippen LogP contribution in [0.4, 0.5) is 24.7 Å². The van der Waals surface area contributed by atoms with E-state index in [1.807, 2.05) is 23.1 Å². The summed E-state index contributed by atoms with van der Waals surface area (Å²) in [5, 5.41) is 12.9. The van der Waals surface area contributed by atoms with Gasteiger partial charge in [-0.05, 0) is 38.0 Å². The molecule has 0 aliphatic carbocycles. The molecule has 0 aromatic carbocycles. The number of rotatable bonds is 3. The van der Waals surface area contributed by atoms with Crippen molar-refractivity contribution in [3.05, 3.63) is 47.4 Å². The second kappa shape index (κ2) is 7.28. The molecular weight excluding hydrogens is 381 g/mol. The second-order valence-corrected chi connectivity index (χ2v) is 7.13. The average molecular weight is 400 g/mol. The van der Waals surface area contributed by atoms with E-state index in [4.69, 9.17) is 0 Å². The van der Waals surface area contributed by atoms with Gasteiger partial charge in [-0.2, -0.15) is 18.4 Å². The summed E-state index contributed by atoms with van der Waals surface area (Å²) in [6.07, 6.45) is -1.56. The quantitative estimate of drug-likeness (QED) is 0.688. The molecular formula is C20H19F3N6. The number of fused-ring (bicyclic) bond motifs is 1. The van der Waals surface area contributed by atoms with Gasteiger partial charge in [-0.15, -0.1) is 0 Å². The molecule has 150 valence electrons. The van der Waals surface area contributed by atoms with E-state index in [2.05, 4.69) is 20.3 Å². The lowest BCUT2D eigenvalue weighted by molar-refractivity contribution is -0.141. The number of aromatic amines is 1. The van der Waals surface area contributed by atoms with E-state index >= 15 is 0 Å². The molecule has 0 atom stereocenters. The Morgan fingerprint density at radius 1 is 1.28 bits per heavy atom. The molecule has 0 bridgehead atoms. The summed E-state index contributed by atoms with van der Waals surface area (Å²) < 4.78 is 40.7. The number of nitrogens with one attached hydrogen (secondary N) is 2. The molecule has 4 rings (SSSR count). The van der Waals surface area contributed by atoms with Crippen molar-refractivity contribution in [3.63, 3.8) is 0 Å². The van der Waals surface area contributed by atoms with Gasteiger partial charge in [0.15, 0.2) is 5.69 Å². The number of hydrogen-bond acceptors (Lipinski definition) is 5. The van der Waals surface area contributed by atoms with Crippen LogP contribution in [0.25, 0.3) is 11.0 Å². The molecule has 1 aliphatic heterocycles. The summed E-state index contributed by atoms with van der Waals surface area (Å²) in [6, 6.07) is 9.10. The molecule has 0 spiro atoms. The number of halogens is 3. The zero-order valence-corrected chi connectivity index (χ0v) is 15.7. The fraction of sp³-hybridized carbons (Fsp3) is 0.350. The third-order valence-electron chi connectivity index (χ3n) is 5.08. The minimum Gasteiger partial charge on any atom is -0.369 e. The Kier molecular flexibility index (Phi) is 4.78. The number of anilines is 2. The van der Waals surface area contributed by atoms with Crippen molar-refractivity contribution in [3.8, 4) is 6.07 Å². The van der Waals surface area contributed by atoms with Crippen molar-refractivity contribution in [1.29, 1.82) is 5.26 Å². The van der Waals surface area contributed by atoms with Crippen molar-refractivity contribution in [1.82, 2.24) is 15.0 Å². The van der Waals surface area contributed by atoms with Crippen molar-refractivity contribution >= 4 is 22.5 Å². The van der Waals surface area contributed by atoms with Crippen LogP contribution >= 0.6 is 0 Å². The summed E-state index contributed by atoms with van der Waals surface area (Å²) in [5.74, 6) is 0.773. The van der Waals surface area contributed by atoms with E-state index in [9.17, 15) is 18.4 Å². The minimum atomic E-state index is -4.70. The van der Waals surface area contributed by atoms with Gasteiger partial charge in [0.05, 0.1) is 16.7 Å². The van der Waals surface area contributed by atoms with Crippen LogP contribution in [0.2, 0.25) is 0 Å². The standard InChI is InChI=1S/C20H19F3N6/c1-12-10-15-17(26-12)18(14(11-24)19(28-15)20(21,22)23)29-8-5-13(6-9-29)27-16-4-2-3-7-25-16/h2-4,7,10,13,26H,5-6,8-9H2,1H3,(H,25,27). The Balaban J connectivity index is 1.66. The SMILES string of the molecule is Cc1cc2nc(C(F)(F)F)c(C#N)c(N3CCC(Nc4ccccn4)CC3)c2[nH]1. The maximum atomic E-state index is 13.6. The van der Waals surface area contributed by atoms with Gasteiger partial charge < -0.3 is 15.2 Å². The van der Waals surface area contributed by atoms with Crippen LogP contribution in [0.15, 0.2) is 30.5 Å². The van der Waals surface area contributed by atoms with E-state index in [0.717, 1.165) is 5.82 Å². The number of nitriles is 1. The van der Waals surface area contributed by atoms with Crippen molar-refractivity contribution in [2.45, 2.75) is 32.0 Å². The van der Waals surface area contributed by atoms with Crippen LogP contribution < -0.4 is 10.2 Å². The van der Waals surface area contributed by atoms with Gasteiger partial charge in [-0.1, -0.05) is 6.07 Å². The molecule has 2 N–H and O–H groups in total. The van der Waals surface area contributed by atoms with E-state index in [1.165, 1.54) is 0 Å². The molecule has 1 saturated heterocycles. The summed E-state index contributed by atoms with van der Waals surface area (Å²) >= 11 is 0. The topological polar surface area (TPSA) is 80.6 Å². The summed E-state index contributed by atoms with van der Waals surface area (Å²) in [5.41, 5.74) is 0.122. The van der Waals surface area contributed by atoms with E-state index in [0.29, 0.717) is 37.1 Å². The highest BCUT2D eigenvalue weighted by Gasteiger charge is 2.39. The number of H-pyrrole nitrogens is 1. The number of aromatic nitrogens is 3. The Bertz CT molecular complexity index is 1060. The minimum absolute atomic E-state index is 0.163. The second-order valence-electron chi connectivity index (χ2n) is 7.13. The largest absolute Gasteiger partial charge is 0.434 e. The number of alkyl halides is 3. The zero-order valence-electron chi connectivity index (χ0n) is 15.7. The highest BCUT2D eigenvalue weighted by molar-refractivity contribution is 5.93. The fourth-order valence-corrected chi connectivity index (χ4v) is 3.79. The maximum Gasteiger partial charge on any atom is 0.434 e. The number of piperidine rings is 1. The smallest absolute Gasteiger partial charge is 0.369 e. The Labute approximate surface area is 165 Å². The molecule has 29 heavy (non-hydrogen) atoms. The van der Waals surface area contributed by atoms with E-state index in [-0.39, 0.29) is 17.2 Å². The van der Waals surface area contributed by atoms with Crippen LogP contribution in [0.5, 0.6) is 0 Å². The number of hydrogen-bond donors (Lipinski definition) is 2. The van der Waals surface area contributed by atoms with Crippen LogP contribution in [-0.4, -0.2) is 34.1 Å². The van der Waals surface area contributed by atoms with Crippen LogP contribution in [0, 0.1) is 18.3 Å². The predicted octanol–water partition coefficient (Wildman–Crippen LogP) is 4.24. The first-order chi connectivity index (χ1) is 13.9. The van der Waals surface area contributed by atoms with Crippen LogP contribution in [-0.2, 0) is 6.18 Å². The Morgan fingerprint density at radius 3 is 2.66 bits per heavy atom. The lowest BCUT2D eigenvalue weighted by Crippen LogP contribution is -2.40. The molecule has 4 heterocycles. The first-order valence-corrected chi connectivity index (χ1v) is 9.30. The van der Waals surface area contributed by atoms with Gasteiger partial charge in [-0.25, -0.2) is 9.97 Å². The van der Waals surface area contributed by atoms with Gasteiger partial charge in [0.2, 0.25) is 0 Å². The van der Waals surface area contributed by atoms with Gasteiger partial charge in [-0.3, -0.25) is 0 Å². The van der Waals surface area contributed by atoms with Crippen LogP contribution in [0.1, 0.15) is 29.8 Å². The number of aryl methyl sites for hydroxylation is 1. The van der Waals surface area contributed by atoms with Gasteiger partial charge in [0.25, 0.3) is 0 Å². The van der Waals surface area contributed by atoms with Crippen molar-refractivity contribution in [2.75, 3.05) is 23.3 Å². The van der Waals surface area contributed by atoms with Gasteiger partial charge in [0, 0.05) is 31.0 Å². The monoisotopic (exact) mass is 400 g/mol. The summed E-state index contributed by atoms with van der Waals surface area (Å²) in [7, 11) is 0. The van der Waals surface area contributed by atoms with Crippen molar-refractivity contribution < 1.29 is 13.2 Å². The highest BCUT2D eigenvalue weighted by Crippen LogP contribution is 2.39. The molecule has 0 saturated carbocycles. The number of pyridine rings is 2. The molecule has 0 radical (unpaired) electrons. The first-order valence-electron chi connectivity index (χ1n) is 9.30. The van der Waals surface area contributed by atoms with Crippen molar-refractivity contribution in [2.24, 2.45) is 0 Å². The van der Waals surface area contributed by atoms with E-state index < -0.39 is 17.4 Å². The molecule has 3 aromatic rings. The molecule has 0 amide bonds. The number of nitrogens with zero attached hydrogens (tertiary/aromatic N) is 4. The molecule has 9 heteroatoms. The molecule has 1 fully saturated rings. The maximum absolute atomic E-state index is 13.6. The van der Waals surface area contributed by atoms with Gasteiger partial charge >= 0.3 is 6.18 Å². The molecule has 3 aromatic heterocycles. The third-order valence-corrected chi connectivity index (χ3v) is 5.08. The lowest BCUT2D eigenvalue weighted by atomic mass is 10.0. The van der Waals surface area contributed by atoms with Gasteiger partial charge in [0.1, 0.15) is 17.5 Å². The lowest BCUT2D eigenvalue weighted by Gasteiger charge is -2.35. The zero-order chi connectivity index (χ0) is 20.6. The molecule has 0 unspecified atom stereocenters. The van der Waals surface area contributed by atoms with Crippen LogP contribution in [0.3, 0.4) is 0 Å². The Morgan fingerprint density at radius 2 is 2.03 bits per heavy atom. The fourth-order valence-electron chi connectivity index (χ4n) is 3.79. The third kappa shape index (κ3) is 3.70. The van der Waals surface area contributed by atoms with E-state index in [1.54, 1.807) is 25.3 Å². The normalized spacial score (nSPS) is 15.5. The first kappa shape index (κ1) is 19.1. The molecule has 1 aliphatic rings. The average Bonchev–Trinajstić information content (AvgIpc) is 3.07. The Hall–Kier alpha value is -3.28. The highest BCUT2D eigenvalue weighted by atomic mass is 19.4. The summed E-state index contributed by atoms with van der Waals surface area (Å²) in [6.45, 7) is 2.80. The summed E-state index contributed by atoms with van der Waals surface area (Å²) in [4.78, 5) is 12.9. The predicted molar refractivity (Wildman–Crippen MR) is 104 cm³/mol. The molecule has 6 nitrogen and oxygen atoms in total.